The van der Waals surface area contributed by atoms with Crippen molar-refractivity contribution >= 4 is 24.1 Å². The number of aryl methyl sites for hydroxylation is 1. The highest BCUT2D eigenvalue weighted by Crippen LogP contribution is 2.19. The highest BCUT2D eigenvalue weighted by molar-refractivity contribution is 6.02. The third-order valence-corrected chi connectivity index (χ3v) is 4.04. The summed E-state index contributed by atoms with van der Waals surface area (Å²) in [6.07, 6.45) is 0. The zero-order valence-corrected chi connectivity index (χ0v) is 15.6. The molecule has 1 atom stereocenters. The van der Waals surface area contributed by atoms with Crippen molar-refractivity contribution in [2.45, 2.75) is 26.8 Å². The zero-order chi connectivity index (χ0) is 17.9. The third kappa shape index (κ3) is 4.61. The fourth-order valence-corrected chi connectivity index (χ4v) is 2.77. The highest BCUT2D eigenvalue weighted by atomic mass is 35.5. The van der Waals surface area contributed by atoms with E-state index in [2.05, 4.69) is 10.3 Å². The van der Waals surface area contributed by atoms with Gasteiger partial charge in [-0.25, -0.2) is 0 Å². The van der Waals surface area contributed by atoms with Crippen LogP contribution < -0.4 is 15.8 Å². The standard InChI is InChI=1S/C18H23N3O3.ClH/c1-10-16(12(3)22)11(2)21-17(10)18(23)20-9-15(19)13-5-7-14(24-4)8-6-13;/h5-8,15,21H,9,19H2,1-4H3,(H,20,23);1H. The molecular weight excluding hydrogens is 342 g/mol. The van der Waals surface area contributed by atoms with Gasteiger partial charge in [0.25, 0.3) is 5.91 Å². The molecule has 1 aromatic heterocycles. The Morgan fingerprint density at radius 1 is 1.24 bits per heavy atom. The number of methoxy groups -OCH3 is 1. The maximum atomic E-state index is 12.4. The molecule has 2 aromatic rings. The molecule has 0 aliphatic carbocycles. The molecule has 0 spiro atoms. The summed E-state index contributed by atoms with van der Waals surface area (Å²) >= 11 is 0. The number of benzene rings is 1. The number of hydrogen-bond donors (Lipinski definition) is 3. The first-order valence-corrected chi connectivity index (χ1v) is 7.73. The fraction of sp³-hybridized carbons (Fsp3) is 0.333. The number of amides is 1. The molecule has 0 aliphatic rings. The number of nitrogens with one attached hydrogen (secondary N) is 2. The van der Waals surface area contributed by atoms with Crippen LogP contribution in [0.5, 0.6) is 5.75 Å². The van der Waals surface area contributed by atoms with Crippen molar-refractivity contribution in [2.24, 2.45) is 5.73 Å². The Morgan fingerprint density at radius 2 is 1.84 bits per heavy atom. The first kappa shape index (κ1) is 20.7. The van der Waals surface area contributed by atoms with Gasteiger partial charge in [0.05, 0.1) is 7.11 Å². The van der Waals surface area contributed by atoms with Crippen LogP contribution in [-0.4, -0.2) is 30.3 Å². The molecule has 1 amide bonds. The number of carbonyl (C=O) groups excluding carboxylic acids is 2. The van der Waals surface area contributed by atoms with Crippen LogP contribution in [0.15, 0.2) is 24.3 Å². The van der Waals surface area contributed by atoms with Crippen LogP contribution in [0, 0.1) is 13.8 Å². The Bertz CT molecular complexity index is 754. The van der Waals surface area contributed by atoms with E-state index in [4.69, 9.17) is 10.5 Å². The van der Waals surface area contributed by atoms with E-state index >= 15 is 0 Å². The van der Waals surface area contributed by atoms with Crippen LogP contribution in [-0.2, 0) is 0 Å². The number of aromatic nitrogens is 1. The topological polar surface area (TPSA) is 97.2 Å². The summed E-state index contributed by atoms with van der Waals surface area (Å²) in [5, 5.41) is 2.81. The van der Waals surface area contributed by atoms with Gasteiger partial charge in [-0.05, 0) is 44.0 Å². The van der Waals surface area contributed by atoms with Gasteiger partial charge in [0.15, 0.2) is 5.78 Å². The summed E-state index contributed by atoms with van der Waals surface area (Å²) in [6, 6.07) is 7.06. The van der Waals surface area contributed by atoms with Crippen LogP contribution in [0.1, 0.15) is 50.6 Å². The van der Waals surface area contributed by atoms with Crippen molar-refractivity contribution in [1.82, 2.24) is 10.3 Å². The lowest BCUT2D eigenvalue weighted by atomic mass is 10.1. The summed E-state index contributed by atoms with van der Waals surface area (Å²) in [7, 11) is 1.60. The van der Waals surface area contributed by atoms with E-state index < -0.39 is 0 Å². The quantitative estimate of drug-likeness (QED) is 0.685. The molecule has 7 heteroatoms. The number of halogens is 1. The smallest absolute Gasteiger partial charge is 0.268 e. The van der Waals surface area contributed by atoms with Gasteiger partial charge in [0.1, 0.15) is 11.4 Å². The molecule has 0 radical (unpaired) electrons. The van der Waals surface area contributed by atoms with E-state index in [1.807, 2.05) is 24.3 Å². The molecular formula is C18H24ClN3O3. The van der Waals surface area contributed by atoms with Crippen LogP contribution >= 0.6 is 12.4 Å². The van der Waals surface area contributed by atoms with Gasteiger partial charge in [-0.1, -0.05) is 12.1 Å². The molecule has 6 nitrogen and oxygen atoms in total. The second-order valence-corrected chi connectivity index (χ2v) is 5.77. The largest absolute Gasteiger partial charge is 0.497 e. The summed E-state index contributed by atoms with van der Waals surface area (Å²) in [5.74, 6) is 0.423. The minimum Gasteiger partial charge on any atom is -0.497 e. The minimum absolute atomic E-state index is 0. The van der Waals surface area contributed by atoms with E-state index in [9.17, 15) is 9.59 Å². The molecule has 2 rings (SSSR count). The molecule has 1 heterocycles. The van der Waals surface area contributed by atoms with Crippen LogP contribution in [0.25, 0.3) is 0 Å². The molecule has 0 fully saturated rings. The summed E-state index contributed by atoms with van der Waals surface area (Å²) in [6.45, 7) is 5.32. The van der Waals surface area contributed by atoms with Gasteiger partial charge in [-0.2, -0.15) is 0 Å². The number of Topliss-reactive ketones (excluding diaryl/α,β-unsaturated/α-hetero) is 1. The monoisotopic (exact) mass is 365 g/mol. The maximum absolute atomic E-state index is 12.4. The van der Waals surface area contributed by atoms with Crippen molar-refractivity contribution < 1.29 is 14.3 Å². The van der Waals surface area contributed by atoms with Crippen molar-refractivity contribution in [2.75, 3.05) is 13.7 Å². The molecule has 0 aliphatic heterocycles. The average Bonchev–Trinajstić information content (AvgIpc) is 2.87. The maximum Gasteiger partial charge on any atom is 0.268 e. The second-order valence-electron chi connectivity index (χ2n) is 5.77. The number of nitrogens with two attached hydrogens (primary N) is 1. The Morgan fingerprint density at radius 3 is 2.32 bits per heavy atom. The SMILES string of the molecule is COc1ccc(C(N)CNC(=O)c2[nH]c(C)c(C(C)=O)c2C)cc1.Cl. The molecule has 4 N–H and O–H groups in total. The van der Waals surface area contributed by atoms with E-state index in [0.717, 1.165) is 11.3 Å². The van der Waals surface area contributed by atoms with Crippen LogP contribution in [0.2, 0.25) is 0 Å². The van der Waals surface area contributed by atoms with E-state index in [-0.39, 0.29) is 36.7 Å². The number of hydrogen-bond acceptors (Lipinski definition) is 4. The van der Waals surface area contributed by atoms with Crippen LogP contribution in [0.3, 0.4) is 0 Å². The highest BCUT2D eigenvalue weighted by Gasteiger charge is 2.20. The first-order chi connectivity index (χ1) is 11.3. The molecule has 136 valence electrons. The normalized spacial score (nSPS) is 11.4. The van der Waals surface area contributed by atoms with Gasteiger partial charge in [0.2, 0.25) is 0 Å². The Hall–Kier alpha value is -2.31. The third-order valence-electron chi connectivity index (χ3n) is 4.04. The number of ketones is 1. The second kappa shape index (κ2) is 8.69. The Labute approximate surface area is 153 Å². The fourth-order valence-electron chi connectivity index (χ4n) is 2.77. The lowest BCUT2D eigenvalue weighted by molar-refractivity contribution is 0.0946. The lowest BCUT2D eigenvalue weighted by Gasteiger charge is -2.13. The molecule has 0 saturated heterocycles. The molecule has 0 saturated carbocycles. The number of rotatable bonds is 6. The van der Waals surface area contributed by atoms with Crippen molar-refractivity contribution in [1.29, 1.82) is 0 Å². The van der Waals surface area contributed by atoms with Crippen molar-refractivity contribution in [3.05, 3.63) is 52.3 Å². The average molecular weight is 366 g/mol. The predicted molar refractivity (Wildman–Crippen MR) is 99.8 cm³/mol. The van der Waals surface area contributed by atoms with Crippen LogP contribution in [0.4, 0.5) is 0 Å². The predicted octanol–water partition coefficient (Wildman–Crippen LogP) is 2.69. The van der Waals surface area contributed by atoms with Crippen molar-refractivity contribution in [3.8, 4) is 5.75 Å². The van der Waals surface area contributed by atoms with Gasteiger partial charge in [-0.15, -0.1) is 12.4 Å². The first-order valence-electron chi connectivity index (χ1n) is 7.73. The Balaban J connectivity index is 0.00000312. The number of H-pyrrole nitrogens is 1. The van der Waals surface area contributed by atoms with Gasteiger partial charge in [-0.3, -0.25) is 9.59 Å². The molecule has 25 heavy (non-hydrogen) atoms. The number of aromatic amines is 1. The molecule has 0 bridgehead atoms. The molecule has 1 unspecified atom stereocenters. The zero-order valence-electron chi connectivity index (χ0n) is 14.8. The van der Waals surface area contributed by atoms with Gasteiger partial charge in [0, 0.05) is 23.8 Å². The summed E-state index contributed by atoms with van der Waals surface area (Å²) in [5.41, 5.74) is 9.35. The van der Waals surface area contributed by atoms with E-state index in [1.165, 1.54) is 6.92 Å². The molecule has 1 aromatic carbocycles. The summed E-state index contributed by atoms with van der Waals surface area (Å²) in [4.78, 5) is 27.0. The number of ether oxygens (including phenoxy) is 1. The lowest BCUT2D eigenvalue weighted by Crippen LogP contribution is -2.32. The van der Waals surface area contributed by atoms with E-state index in [0.29, 0.717) is 22.5 Å². The minimum atomic E-state index is -0.330. The Kier molecular flexibility index (Phi) is 7.21. The van der Waals surface area contributed by atoms with E-state index in [1.54, 1.807) is 21.0 Å². The van der Waals surface area contributed by atoms with Gasteiger partial charge < -0.3 is 20.8 Å². The number of carbonyl (C=O) groups is 2. The van der Waals surface area contributed by atoms with Gasteiger partial charge >= 0.3 is 0 Å². The summed E-state index contributed by atoms with van der Waals surface area (Å²) < 4.78 is 5.11. The van der Waals surface area contributed by atoms with Crippen molar-refractivity contribution in [3.63, 3.8) is 0 Å².